The first-order valence-corrected chi connectivity index (χ1v) is 8.81. The summed E-state index contributed by atoms with van der Waals surface area (Å²) in [4.78, 5) is 29.3. The van der Waals surface area contributed by atoms with E-state index >= 15 is 0 Å². The summed E-state index contributed by atoms with van der Waals surface area (Å²) in [5.41, 5.74) is -4.26. The van der Waals surface area contributed by atoms with Crippen LogP contribution in [0.2, 0.25) is 0 Å². The molecule has 0 fully saturated rings. The van der Waals surface area contributed by atoms with Crippen molar-refractivity contribution in [1.82, 2.24) is 9.13 Å². The van der Waals surface area contributed by atoms with E-state index in [4.69, 9.17) is 4.74 Å². The molecular weight excluding hydrogens is 466 g/mol. The van der Waals surface area contributed by atoms with Gasteiger partial charge in [0.1, 0.15) is 30.5 Å². The Kier molecular flexibility index (Phi) is 6.56. The summed E-state index contributed by atoms with van der Waals surface area (Å²) in [5.74, 6) is -0.980. The van der Waals surface area contributed by atoms with Crippen LogP contribution >= 0.6 is 15.9 Å². The summed E-state index contributed by atoms with van der Waals surface area (Å²) in [7, 11) is 2.18. The van der Waals surface area contributed by atoms with Crippen LogP contribution in [0, 0.1) is 5.82 Å². The van der Waals surface area contributed by atoms with Gasteiger partial charge in [0.2, 0.25) is 0 Å². The molecule has 0 aliphatic rings. The fourth-order valence-corrected chi connectivity index (χ4v) is 2.80. The van der Waals surface area contributed by atoms with Crippen LogP contribution in [-0.2, 0) is 18.1 Å². The highest BCUT2D eigenvalue weighted by molar-refractivity contribution is 9.10. The lowest BCUT2D eigenvalue weighted by Gasteiger charge is -2.18. The summed E-state index contributed by atoms with van der Waals surface area (Å²) in [6.07, 6.45) is -5.55. The summed E-state index contributed by atoms with van der Waals surface area (Å²) in [6.45, 7) is 3.24. The van der Waals surface area contributed by atoms with Gasteiger partial charge < -0.3 is 9.57 Å². The first-order valence-electron chi connectivity index (χ1n) is 8.02. The maximum absolute atomic E-state index is 14.5. The number of hydrogen-bond acceptors (Lipinski definition) is 5. The zero-order valence-electron chi connectivity index (χ0n) is 15.7. The molecule has 1 aromatic heterocycles. The quantitative estimate of drug-likeness (QED) is 0.373. The number of rotatable bonds is 5. The van der Waals surface area contributed by atoms with Gasteiger partial charge in [0.15, 0.2) is 0 Å². The van der Waals surface area contributed by atoms with Gasteiger partial charge in [-0.15, -0.1) is 0 Å². The molecular formula is C17H16BrF4N3O4. The molecule has 2 aromatic rings. The summed E-state index contributed by atoms with van der Waals surface area (Å²) in [6, 6.07) is 2.19. The Morgan fingerprint density at radius 2 is 1.86 bits per heavy atom. The maximum atomic E-state index is 14.5. The molecule has 1 heterocycles. The SMILES string of the molecule is CO/N=C(/C)C(C)Oc1cc(-n2c(=O)cc(C(F)(F)F)n(C)c2=O)c(F)cc1Br. The van der Waals surface area contributed by atoms with Gasteiger partial charge in [-0.25, -0.2) is 13.8 Å². The molecule has 0 bridgehead atoms. The van der Waals surface area contributed by atoms with E-state index in [2.05, 4.69) is 25.9 Å². The number of halogens is 5. The standard InChI is InChI=1S/C17H16BrF4N3O4/c1-8(23-28-4)9(2)29-13-6-12(11(19)5-10(13)18)25-15(26)7-14(17(20,21)22)24(3)16(25)27/h5-7,9H,1-4H3/b23-8-. The first kappa shape index (κ1) is 22.7. The number of hydrogen-bond donors (Lipinski definition) is 0. The minimum atomic E-state index is -4.92. The van der Waals surface area contributed by atoms with E-state index in [1.165, 1.54) is 7.11 Å². The van der Waals surface area contributed by atoms with Crippen LogP contribution in [0.1, 0.15) is 19.5 Å². The Bertz CT molecular complexity index is 1080. The minimum Gasteiger partial charge on any atom is -0.483 e. The third-order valence-electron chi connectivity index (χ3n) is 3.98. The number of aromatic nitrogens is 2. The van der Waals surface area contributed by atoms with Gasteiger partial charge in [-0.3, -0.25) is 9.36 Å². The van der Waals surface area contributed by atoms with Crippen molar-refractivity contribution < 1.29 is 27.1 Å². The molecule has 158 valence electrons. The summed E-state index contributed by atoms with van der Waals surface area (Å²) in [5, 5.41) is 3.71. The van der Waals surface area contributed by atoms with Gasteiger partial charge in [0.25, 0.3) is 5.56 Å². The van der Waals surface area contributed by atoms with Crippen LogP contribution < -0.4 is 16.0 Å². The topological polar surface area (TPSA) is 74.8 Å². The molecule has 0 spiro atoms. The van der Waals surface area contributed by atoms with Gasteiger partial charge >= 0.3 is 11.9 Å². The van der Waals surface area contributed by atoms with Crippen molar-refractivity contribution in [3.05, 3.63) is 55.0 Å². The van der Waals surface area contributed by atoms with Gasteiger partial charge in [-0.2, -0.15) is 13.2 Å². The monoisotopic (exact) mass is 481 g/mol. The maximum Gasteiger partial charge on any atom is 0.431 e. The van der Waals surface area contributed by atoms with E-state index in [0.717, 1.165) is 19.2 Å². The average molecular weight is 482 g/mol. The van der Waals surface area contributed by atoms with Crippen LogP contribution in [0.5, 0.6) is 5.75 Å². The molecule has 0 saturated heterocycles. The molecule has 0 aliphatic carbocycles. The van der Waals surface area contributed by atoms with Gasteiger partial charge in [0.05, 0.1) is 15.9 Å². The number of benzene rings is 1. The Morgan fingerprint density at radius 1 is 1.24 bits per heavy atom. The van der Waals surface area contributed by atoms with Crippen LogP contribution in [0.4, 0.5) is 17.6 Å². The van der Waals surface area contributed by atoms with Crippen LogP contribution in [0.15, 0.2) is 37.4 Å². The normalized spacial score (nSPS) is 13.3. The molecule has 1 atom stereocenters. The third kappa shape index (κ3) is 4.69. The van der Waals surface area contributed by atoms with Crippen molar-refractivity contribution in [3.63, 3.8) is 0 Å². The lowest BCUT2D eigenvalue weighted by atomic mass is 10.2. The lowest BCUT2D eigenvalue weighted by Crippen LogP contribution is -2.41. The minimum absolute atomic E-state index is 0.0356. The second kappa shape index (κ2) is 8.39. The molecule has 0 radical (unpaired) electrons. The lowest BCUT2D eigenvalue weighted by molar-refractivity contribution is -0.144. The van der Waals surface area contributed by atoms with Crippen molar-refractivity contribution in [2.24, 2.45) is 12.2 Å². The molecule has 0 amide bonds. The molecule has 1 aromatic carbocycles. The van der Waals surface area contributed by atoms with E-state index in [0.29, 0.717) is 10.3 Å². The number of nitrogens with zero attached hydrogens (tertiary/aromatic N) is 3. The predicted octanol–water partition coefficient (Wildman–Crippen LogP) is 3.25. The Labute approximate surface area is 170 Å². The second-order valence-electron chi connectivity index (χ2n) is 5.95. The van der Waals surface area contributed by atoms with E-state index in [9.17, 15) is 27.2 Å². The van der Waals surface area contributed by atoms with Crippen LogP contribution in [0.3, 0.4) is 0 Å². The van der Waals surface area contributed by atoms with Crippen LogP contribution in [0.25, 0.3) is 5.69 Å². The Balaban J connectivity index is 2.65. The fraction of sp³-hybridized carbons (Fsp3) is 0.353. The van der Waals surface area contributed by atoms with E-state index in [-0.39, 0.29) is 20.9 Å². The molecule has 0 N–H and O–H groups in total. The van der Waals surface area contributed by atoms with Crippen molar-refractivity contribution in [1.29, 1.82) is 0 Å². The zero-order chi connectivity index (χ0) is 22.1. The number of oxime groups is 1. The Hall–Kier alpha value is -2.63. The van der Waals surface area contributed by atoms with Crippen molar-refractivity contribution >= 4 is 21.6 Å². The molecule has 1 unspecified atom stereocenters. The highest BCUT2D eigenvalue weighted by Gasteiger charge is 2.35. The summed E-state index contributed by atoms with van der Waals surface area (Å²) < 4.78 is 59.8. The highest BCUT2D eigenvalue weighted by Crippen LogP contribution is 2.31. The largest absolute Gasteiger partial charge is 0.483 e. The Morgan fingerprint density at radius 3 is 2.41 bits per heavy atom. The molecule has 29 heavy (non-hydrogen) atoms. The first-order chi connectivity index (χ1) is 13.4. The number of alkyl halides is 3. The van der Waals surface area contributed by atoms with Crippen molar-refractivity contribution in [3.8, 4) is 11.4 Å². The van der Waals surface area contributed by atoms with E-state index < -0.39 is 40.7 Å². The average Bonchev–Trinajstić information content (AvgIpc) is 2.60. The zero-order valence-corrected chi connectivity index (χ0v) is 17.3. The number of ether oxygens (including phenoxy) is 1. The summed E-state index contributed by atoms with van der Waals surface area (Å²) >= 11 is 3.10. The van der Waals surface area contributed by atoms with E-state index in [1.807, 2.05) is 0 Å². The van der Waals surface area contributed by atoms with Crippen LogP contribution in [-0.4, -0.2) is 28.1 Å². The second-order valence-corrected chi connectivity index (χ2v) is 6.81. The molecule has 2 rings (SSSR count). The third-order valence-corrected chi connectivity index (χ3v) is 4.60. The highest BCUT2D eigenvalue weighted by atomic mass is 79.9. The molecule has 0 saturated carbocycles. The molecule has 12 heteroatoms. The van der Waals surface area contributed by atoms with Crippen molar-refractivity contribution in [2.75, 3.05) is 7.11 Å². The van der Waals surface area contributed by atoms with Gasteiger partial charge in [-0.1, -0.05) is 5.16 Å². The fourth-order valence-electron chi connectivity index (χ4n) is 2.39. The van der Waals surface area contributed by atoms with Crippen molar-refractivity contribution in [2.45, 2.75) is 26.1 Å². The molecule has 7 nitrogen and oxygen atoms in total. The van der Waals surface area contributed by atoms with E-state index in [1.54, 1.807) is 13.8 Å². The molecule has 0 aliphatic heterocycles. The van der Waals surface area contributed by atoms with Gasteiger partial charge in [0, 0.05) is 19.2 Å². The van der Waals surface area contributed by atoms with Gasteiger partial charge in [-0.05, 0) is 35.8 Å². The smallest absolute Gasteiger partial charge is 0.431 e. The predicted molar refractivity (Wildman–Crippen MR) is 100 cm³/mol.